The Hall–Kier alpha value is -1.04. The minimum atomic E-state index is -0.342. The molecule has 1 fully saturated rings. The molecule has 1 atom stereocenters. The lowest BCUT2D eigenvalue weighted by molar-refractivity contribution is -0.130. The lowest BCUT2D eigenvalue weighted by Gasteiger charge is -2.30. The molecule has 0 aromatic carbocycles. The second-order valence-corrected chi connectivity index (χ2v) is 4.49. The van der Waals surface area contributed by atoms with Crippen LogP contribution in [0.15, 0.2) is 4.99 Å². The molecular formula is C10H17N3O2S. The van der Waals surface area contributed by atoms with Crippen LogP contribution >= 0.6 is 11.8 Å². The highest BCUT2D eigenvalue weighted by atomic mass is 32.2. The summed E-state index contributed by atoms with van der Waals surface area (Å²) < 4.78 is 0. The van der Waals surface area contributed by atoms with Gasteiger partial charge in [0, 0.05) is 26.6 Å². The molecule has 0 aromatic heterocycles. The summed E-state index contributed by atoms with van der Waals surface area (Å²) in [5.74, 6) is -0.139. The van der Waals surface area contributed by atoms with E-state index in [9.17, 15) is 9.59 Å². The van der Waals surface area contributed by atoms with Crippen molar-refractivity contribution in [1.29, 1.82) is 0 Å². The molecule has 0 saturated carbocycles. The number of hydrogen-bond acceptors (Lipinski definition) is 4. The molecule has 1 N–H and O–H groups in total. The number of carbonyl (C=O) groups is 2. The largest absolute Gasteiger partial charge is 0.358 e. The minimum Gasteiger partial charge on any atom is -0.358 e. The molecule has 5 nitrogen and oxygen atoms in total. The zero-order valence-corrected chi connectivity index (χ0v) is 10.6. The Bertz CT molecular complexity index is 317. The van der Waals surface area contributed by atoms with Gasteiger partial charge in [0.15, 0.2) is 5.17 Å². The summed E-state index contributed by atoms with van der Waals surface area (Å²) in [5, 5.41) is 2.89. The maximum atomic E-state index is 11.8. The molecule has 0 spiro atoms. The average molecular weight is 243 g/mol. The number of rotatable bonds is 3. The topological polar surface area (TPSA) is 61.8 Å². The van der Waals surface area contributed by atoms with Gasteiger partial charge in [0.05, 0.1) is 5.25 Å². The summed E-state index contributed by atoms with van der Waals surface area (Å²) >= 11 is 1.37. The minimum absolute atomic E-state index is 0.0259. The first-order chi connectivity index (χ1) is 7.63. The van der Waals surface area contributed by atoms with Gasteiger partial charge in [-0.3, -0.25) is 19.5 Å². The van der Waals surface area contributed by atoms with Crippen molar-refractivity contribution in [2.75, 3.05) is 20.1 Å². The van der Waals surface area contributed by atoms with E-state index in [2.05, 4.69) is 10.3 Å². The number of nitrogens with one attached hydrogen (secondary N) is 1. The number of thioether (sulfide) groups is 1. The molecule has 1 aliphatic heterocycles. The van der Waals surface area contributed by atoms with E-state index in [1.807, 2.05) is 13.8 Å². The van der Waals surface area contributed by atoms with Crippen molar-refractivity contribution in [2.45, 2.75) is 25.5 Å². The highest BCUT2D eigenvalue weighted by molar-refractivity contribution is 8.15. The Morgan fingerprint density at radius 3 is 2.81 bits per heavy atom. The summed E-state index contributed by atoms with van der Waals surface area (Å²) in [4.78, 5) is 29.2. The van der Waals surface area contributed by atoms with Crippen LogP contribution in [0.5, 0.6) is 0 Å². The Labute approximate surface area is 99.7 Å². The normalized spacial score (nSPS) is 23.7. The van der Waals surface area contributed by atoms with E-state index >= 15 is 0 Å². The third kappa shape index (κ3) is 2.75. The third-order valence-corrected chi connectivity index (χ3v) is 3.51. The molecule has 1 aliphatic rings. The van der Waals surface area contributed by atoms with Crippen LogP contribution in [0.25, 0.3) is 0 Å². The van der Waals surface area contributed by atoms with E-state index in [1.165, 1.54) is 11.8 Å². The highest BCUT2D eigenvalue weighted by Crippen LogP contribution is 2.26. The summed E-state index contributed by atoms with van der Waals surface area (Å²) in [6, 6.07) is 0. The molecule has 1 unspecified atom stereocenters. The molecule has 16 heavy (non-hydrogen) atoms. The van der Waals surface area contributed by atoms with Crippen molar-refractivity contribution in [3.63, 3.8) is 0 Å². The summed E-state index contributed by atoms with van der Waals surface area (Å²) in [7, 11) is 1.58. The fourth-order valence-corrected chi connectivity index (χ4v) is 2.75. The fourth-order valence-electron chi connectivity index (χ4n) is 1.48. The van der Waals surface area contributed by atoms with Crippen molar-refractivity contribution < 1.29 is 9.59 Å². The fraction of sp³-hybridized carbons (Fsp3) is 0.700. The van der Waals surface area contributed by atoms with Gasteiger partial charge in [-0.25, -0.2) is 0 Å². The van der Waals surface area contributed by atoms with E-state index in [4.69, 9.17) is 0 Å². The number of carbonyl (C=O) groups excluding carboxylic acids is 2. The van der Waals surface area contributed by atoms with E-state index in [-0.39, 0.29) is 23.5 Å². The smallest absolute Gasteiger partial charge is 0.233 e. The Morgan fingerprint density at radius 2 is 2.31 bits per heavy atom. The quantitative estimate of drug-likeness (QED) is 0.783. The Balaban J connectivity index is 2.84. The average Bonchev–Trinajstić information content (AvgIpc) is 2.28. The molecule has 1 saturated heterocycles. The van der Waals surface area contributed by atoms with Crippen molar-refractivity contribution in [2.24, 2.45) is 4.99 Å². The summed E-state index contributed by atoms with van der Waals surface area (Å²) in [6.07, 6.45) is 0.251. The van der Waals surface area contributed by atoms with Gasteiger partial charge in [-0.05, 0) is 13.8 Å². The SMILES string of the molecule is CCN=C1SC(C(=O)NC)CC(=O)N1CC. The second-order valence-electron chi connectivity index (χ2n) is 3.32. The maximum absolute atomic E-state index is 11.8. The van der Waals surface area contributed by atoms with Crippen LogP contribution in [0.3, 0.4) is 0 Å². The molecule has 6 heteroatoms. The van der Waals surface area contributed by atoms with Gasteiger partial charge in [-0.1, -0.05) is 11.8 Å². The number of hydrogen-bond donors (Lipinski definition) is 1. The predicted octanol–water partition coefficient (Wildman–Crippen LogP) is 0.462. The molecule has 1 rings (SSSR count). The number of nitrogens with zero attached hydrogens (tertiary/aromatic N) is 2. The lowest BCUT2D eigenvalue weighted by Crippen LogP contribution is -2.46. The predicted molar refractivity (Wildman–Crippen MR) is 65.4 cm³/mol. The maximum Gasteiger partial charge on any atom is 0.233 e. The first kappa shape index (κ1) is 13.0. The molecular weight excluding hydrogens is 226 g/mol. The molecule has 0 aliphatic carbocycles. The molecule has 0 bridgehead atoms. The van der Waals surface area contributed by atoms with Crippen LogP contribution in [-0.2, 0) is 9.59 Å². The van der Waals surface area contributed by atoms with Gasteiger partial charge < -0.3 is 5.32 Å². The summed E-state index contributed by atoms with van der Waals surface area (Å²) in [5.41, 5.74) is 0. The van der Waals surface area contributed by atoms with Gasteiger partial charge >= 0.3 is 0 Å². The zero-order valence-electron chi connectivity index (χ0n) is 9.82. The lowest BCUT2D eigenvalue weighted by atomic mass is 10.2. The monoisotopic (exact) mass is 243 g/mol. The third-order valence-electron chi connectivity index (χ3n) is 2.29. The molecule has 2 amide bonds. The number of amides is 2. The van der Waals surface area contributed by atoms with E-state index < -0.39 is 0 Å². The molecule has 1 heterocycles. The van der Waals surface area contributed by atoms with E-state index in [0.29, 0.717) is 18.3 Å². The first-order valence-electron chi connectivity index (χ1n) is 5.37. The van der Waals surface area contributed by atoms with Gasteiger partial charge in [-0.15, -0.1) is 0 Å². The van der Waals surface area contributed by atoms with Crippen LogP contribution in [0, 0.1) is 0 Å². The van der Waals surface area contributed by atoms with Crippen LogP contribution in [0.4, 0.5) is 0 Å². The first-order valence-corrected chi connectivity index (χ1v) is 6.25. The Kier molecular flexibility index (Phi) is 4.79. The van der Waals surface area contributed by atoms with Crippen LogP contribution in [0.2, 0.25) is 0 Å². The van der Waals surface area contributed by atoms with Gasteiger partial charge in [-0.2, -0.15) is 0 Å². The van der Waals surface area contributed by atoms with Gasteiger partial charge in [0.2, 0.25) is 11.8 Å². The second kappa shape index (κ2) is 5.89. The van der Waals surface area contributed by atoms with Gasteiger partial charge in [0.1, 0.15) is 0 Å². The molecule has 0 radical (unpaired) electrons. The van der Waals surface area contributed by atoms with Crippen LogP contribution in [0.1, 0.15) is 20.3 Å². The van der Waals surface area contributed by atoms with Crippen LogP contribution in [-0.4, -0.2) is 47.3 Å². The highest BCUT2D eigenvalue weighted by Gasteiger charge is 2.34. The van der Waals surface area contributed by atoms with Crippen LogP contribution < -0.4 is 5.32 Å². The standard InChI is InChI=1S/C10H17N3O2S/c1-4-12-10-13(5-2)8(14)6-7(16-10)9(15)11-3/h7H,4-6H2,1-3H3,(H,11,15). The van der Waals surface area contributed by atoms with E-state index in [0.717, 1.165) is 0 Å². The van der Waals surface area contributed by atoms with Crippen molar-refractivity contribution in [3.8, 4) is 0 Å². The molecule has 0 aromatic rings. The molecule has 90 valence electrons. The zero-order chi connectivity index (χ0) is 12.1. The summed E-state index contributed by atoms with van der Waals surface area (Å²) in [6.45, 7) is 5.04. The van der Waals surface area contributed by atoms with E-state index in [1.54, 1.807) is 11.9 Å². The van der Waals surface area contributed by atoms with Crippen molar-refractivity contribution in [3.05, 3.63) is 0 Å². The van der Waals surface area contributed by atoms with Gasteiger partial charge in [0.25, 0.3) is 0 Å². The number of amidine groups is 1. The van der Waals surface area contributed by atoms with Crippen molar-refractivity contribution >= 4 is 28.7 Å². The number of aliphatic imine (C=N–C) groups is 1. The van der Waals surface area contributed by atoms with Crippen molar-refractivity contribution in [1.82, 2.24) is 10.2 Å². The Morgan fingerprint density at radius 1 is 1.62 bits per heavy atom.